The van der Waals surface area contributed by atoms with Crippen molar-refractivity contribution in [1.29, 1.82) is 0 Å². The van der Waals surface area contributed by atoms with Crippen molar-refractivity contribution in [3.8, 4) is 29.4 Å². The molecule has 3 rings (SSSR count). The van der Waals surface area contributed by atoms with Gasteiger partial charge in [0.15, 0.2) is 5.82 Å². The Morgan fingerprint density at radius 3 is 2.21 bits per heavy atom. The van der Waals surface area contributed by atoms with Crippen molar-refractivity contribution < 1.29 is 28.2 Å². The van der Waals surface area contributed by atoms with E-state index in [1.807, 2.05) is 24.3 Å². The number of aromatic nitrogens is 2. The van der Waals surface area contributed by atoms with Crippen LogP contribution in [-0.4, -0.2) is 28.1 Å². The lowest BCUT2D eigenvalue weighted by molar-refractivity contribution is -0.140. The number of ether oxygens (including phenoxy) is 3. The molecule has 0 radical (unpaired) electrons. The van der Waals surface area contributed by atoms with Crippen LogP contribution < -0.4 is 4.74 Å². The van der Waals surface area contributed by atoms with Crippen molar-refractivity contribution >= 4 is 11.9 Å². The average Bonchev–Trinajstić information content (AvgIpc) is 3.32. The molecule has 0 spiro atoms. The Morgan fingerprint density at radius 1 is 0.884 bits per heavy atom. The first-order chi connectivity index (χ1) is 20.8. The molecule has 43 heavy (non-hydrogen) atoms. The van der Waals surface area contributed by atoms with Crippen molar-refractivity contribution in [2.45, 2.75) is 52.2 Å². The fraction of sp³-hybridized carbons (Fsp3) is 0.286. The van der Waals surface area contributed by atoms with Crippen LogP contribution in [0.2, 0.25) is 0 Å². The van der Waals surface area contributed by atoms with E-state index in [1.165, 1.54) is 31.7 Å². The molecule has 3 aromatic rings. The largest absolute Gasteiger partial charge is 0.494 e. The standard InChI is InChI=1S/C35H35FN2O5/c1-5-8-9-10-11-22-41-29-19-15-26(16-20-29)12-13-27-14-17-28(30(36)23-27)18-21-33-37-31(24-42-34(39)6-2)32(38(33)4)25-43-35(40)7-3/h6-7,14-17,19-20,23H,2-3,5,8-11,22,24-25H2,1,4H3. The number of hydrogen-bond acceptors (Lipinski definition) is 6. The Bertz CT molecular complexity index is 1570. The van der Waals surface area contributed by atoms with Crippen molar-refractivity contribution in [2.75, 3.05) is 6.61 Å². The van der Waals surface area contributed by atoms with Crippen molar-refractivity contribution in [3.63, 3.8) is 0 Å². The third kappa shape index (κ3) is 10.4. The summed E-state index contributed by atoms with van der Waals surface area (Å²) >= 11 is 0. The zero-order valence-corrected chi connectivity index (χ0v) is 24.6. The van der Waals surface area contributed by atoms with E-state index in [1.54, 1.807) is 23.7 Å². The molecule has 0 saturated heterocycles. The van der Waals surface area contributed by atoms with Crippen LogP contribution in [0.15, 0.2) is 67.8 Å². The van der Waals surface area contributed by atoms with Crippen LogP contribution in [0.5, 0.6) is 5.75 Å². The summed E-state index contributed by atoms with van der Waals surface area (Å²) in [7, 11) is 1.66. The van der Waals surface area contributed by atoms with Gasteiger partial charge < -0.3 is 18.8 Å². The lowest BCUT2D eigenvalue weighted by atomic mass is 10.1. The number of benzene rings is 2. The van der Waals surface area contributed by atoms with Gasteiger partial charge in [-0.05, 0) is 54.8 Å². The maximum atomic E-state index is 14.9. The average molecular weight is 583 g/mol. The van der Waals surface area contributed by atoms with Gasteiger partial charge in [0.05, 0.1) is 17.9 Å². The third-order valence-electron chi connectivity index (χ3n) is 6.33. The van der Waals surface area contributed by atoms with Crippen LogP contribution in [0, 0.1) is 29.5 Å². The molecule has 8 heteroatoms. The second kappa shape index (κ2) is 17.0. The van der Waals surface area contributed by atoms with E-state index in [4.69, 9.17) is 14.2 Å². The van der Waals surface area contributed by atoms with Crippen LogP contribution in [0.4, 0.5) is 4.39 Å². The molecule has 0 bridgehead atoms. The van der Waals surface area contributed by atoms with Gasteiger partial charge in [-0.3, -0.25) is 0 Å². The van der Waals surface area contributed by atoms with Gasteiger partial charge in [0.25, 0.3) is 0 Å². The van der Waals surface area contributed by atoms with Gasteiger partial charge in [-0.25, -0.2) is 19.0 Å². The van der Waals surface area contributed by atoms with Crippen molar-refractivity contribution in [3.05, 3.63) is 107 Å². The van der Waals surface area contributed by atoms with Gasteiger partial charge in [-0.2, -0.15) is 0 Å². The van der Waals surface area contributed by atoms with E-state index >= 15 is 0 Å². The van der Waals surface area contributed by atoms with Crippen LogP contribution >= 0.6 is 0 Å². The van der Waals surface area contributed by atoms with Crippen LogP contribution in [-0.2, 0) is 39.3 Å². The maximum Gasteiger partial charge on any atom is 0.330 e. The first-order valence-electron chi connectivity index (χ1n) is 14.0. The molecule has 0 aliphatic rings. The summed E-state index contributed by atoms with van der Waals surface area (Å²) in [5.41, 5.74) is 2.25. The van der Waals surface area contributed by atoms with E-state index in [0.717, 1.165) is 29.9 Å². The monoisotopic (exact) mass is 582 g/mol. The second-order valence-corrected chi connectivity index (χ2v) is 9.49. The highest BCUT2D eigenvalue weighted by molar-refractivity contribution is 5.81. The van der Waals surface area contributed by atoms with E-state index in [9.17, 15) is 14.0 Å². The second-order valence-electron chi connectivity index (χ2n) is 9.49. The Hall–Kier alpha value is -5.08. The number of carbonyl (C=O) groups is 2. The Balaban J connectivity index is 1.68. The van der Waals surface area contributed by atoms with E-state index in [2.05, 4.69) is 48.7 Å². The lowest BCUT2D eigenvalue weighted by Crippen LogP contribution is -2.09. The quantitative estimate of drug-likeness (QED) is 0.104. The molecule has 1 aromatic heterocycles. The molecule has 7 nitrogen and oxygen atoms in total. The van der Waals surface area contributed by atoms with E-state index in [0.29, 0.717) is 23.6 Å². The number of nitrogens with zero attached hydrogens (tertiary/aromatic N) is 2. The molecule has 0 amide bonds. The molecule has 2 aromatic carbocycles. The summed E-state index contributed by atoms with van der Waals surface area (Å²) in [6.45, 7) is 9.30. The SMILES string of the molecule is C=CC(=O)OCc1nc(C#Cc2ccc(C#Cc3ccc(OCCCCCCC)cc3)cc2F)n(C)c1COC(=O)C=C. The molecule has 0 atom stereocenters. The molecule has 0 N–H and O–H groups in total. The minimum absolute atomic E-state index is 0.145. The van der Waals surface area contributed by atoms with Crippen LogP contribution in [0.1, 0.15) is 72.9 Å². The zero-order chi connectivity index (χ0) is 31.0. The summed E-state index contributed by atoms with van der Waals surface area (Å²) < 4.78 is 32.5. The fourth-order valence-corrected chi connectivity index (χ4v) is 3.89. The van der Waals surface area contributed by atoms with Gasteiger partial charge in [0.1, 0.15) is 30.5 Å². The smallest absolute Gasteiger partial charge is 0.330 e. The molecule has 0 unspecified atom stereocenters. The molecular formula is C35H35FN2O5. The fourth-order valence-electron chi connectivity index (χ4n) is 3.89. The highest BCUT2D eigenvalue weighted by Crippen LogP contribution is 2.16. The van der Waals surface area contributed by atoms with Gasteiger partial charge in [-0.15, -0.1) is 0 Å². The lowest BCUT2D eigenvalue weighted by Gasteiger charge is -2.06. The third-order valence-corrected chi connectivity index (χ3v) is 6.33. The molecular weight excluding hydrogens is 547 g/mol. The number of hydrogen-bond donors (Lipinski definition) is 0. The first kappa shape index (κ1) is 32.4. The number of esters is 2. The Morgan fingerprint density at radius 2 is 1.53 bits per heavy atom. The van der Waals surface area contributed by atoms with Crippen LogP contribution in [0.25, 0.3) is 0 Å². The predicted octanol–water partition coefficient (Wildman–Crippen LogP) is 6.17. The van der Waals surface area contributed by atoms with Crippen LogP contribution in [0.3, 0.4) is 0 Å². The first-order valence-corrected chi connectivity index (χ1v) is 14.0. The number of unbranched alkanes of at least 4 members (excludes halogenated alkanes) is 4. The van der Waals surface area contributed by atoms with Gasteiger partial charge >= 0.3 is 11.9 Å². The Labute approximate surface area is 252 Å². The summed E-state index contributed by atoms with van der Waals surface area (Å²) in [6.07, 6.45) is 8.00. The maximum absolute atomic E-state index is 14.9. The normalized spacial score (nSPS) is 10.0. The minimum atomic E-state index is -0.632. The zero-order valence-electron chi connectivity index (χ0n) is 24.6. The van der Waals surface area contributed by atoms with Gasteiger partial charge in [0.2, 0.25) is 0 Å². The highest BCUT2D eigenvalue weighted by atomic mass is 19.1. The molecule has 0 fully saturated rings. The summed E-state index contributed by atoms with van der Waals surface area (Å²) in [6, 6.07) is 12.1. The number of carbonyl (C=O) groups excluding carboxylic acids is 2. The molecule has 0 aliphatic heterocycles. The van der Waals surface area contributed by atoms with Crippen molar-refractivity contribution in [1.82, 2.24) is 9.55 Å². The predicted molar refractivity (Wildman–Crippen MR) is 162 cm³/mol. The van der Waals surface area contributed by atoms with Gasteiger partial charge in [-0.1, -0.05) is 63.5 Å². The summed E-state index contributed by atoms with van der Waals surface area (Å²) in [5, 5.41) is 0. The number of rotatable bonds is 13. The topological polar surface area (TPSA) is 79.7 Å². The summed E-state index contributed by atoms with van der Waals surface area (Å²) in [5.74, 6) is 10.9. The Kier molecular flexibility index (Phi) is 12.8. The van der Waals surface area contributed by atoms with Crippen molar-refractivity contribution in [2.24, 2.45) is 7.05 Å². The molecule has 0 aliphatic carbocycles. The molecule has 0 saturated carbocycles. The number of halogens is 1. The summed E-state index contributed by atoms with van der Waals surface area (Å²) in [4.78, 5) is 27.5. The van der Waals surface area contributed by atoms with E-state index < -0.39 is 17.8 Å². The molecule has 222 valence electrons. The van der Waals surface area contributed by atoms with Gasteiger partial charge in [0, 0.05) is 30.3 Å². The molecule has 1 heterocycles. The minimum Gasteiger partial charge on any atom is -0.494 e. The highest BCUT2D eigenvalue weighted by Gasteiger charge is 2.16. The number of imidazole rings is 1. The van der Waals surface area contributed by atoms with E-state index in [-0.39, 0.29) is 24.6 Å².